The molecule has 1 amide bonds. The Balaban J connectivity index is 1.44. The quantitative estimate of drug-likeness (QED) is 0.337. The third-order valence-corrected chi connectivity index (χ3v) is 6.12. The van der Waals surface area contributed by atoms with Crippen molar-refractivity contribution in [3.63, 3.8) is 0 Å². The summed E-state index contributed by atoms with van der Waals surface area (Å²) in [5.41, 5.74) is -2.07. The van der Waals surface area contributed by atoms with Gasteiger partial charge in [-0.05, 0) is 59.7 Å². The van der Waals surface area contributed by atoms with E-state index in [1.54, 1.807) is 0 Å². The average molecular weight is 539 g/mol. The van der Waals surface area contributed by atoms with Crippen molar-refractivity contribution in [1.29, 1.82) is 0 Å². The number of nitrogens with zero attached hydrogens (tertiary/aromatic N) is 5. The Morgan fingerprint density at radius 3 is 2.42 bits per heavy atom. The van der Waals surface area contributed by atoms with Gasteiger partial charge in [0, 0.05) is 23.0 Å². The van der Waals surface area contributed by atoms with Crippen molar-refractivity contribution < 1.29 is 35.5 Å². The number of amides is 1. The summed E-state index contributed by atoms with van der Waals surface area (Å²) in [6.07, 6.45) is -8.62. The largest absolute Gasteiger partial charge is 0.416 e. The van der Waals surface area contributed by atoms with Crippen molar-refractivity contribution in [2.24, 2.45) is 0 Å². The molecular weight excluding hydrogens is 523 g/mol. The Labute approximate surface area is 208 Å². The minimum atomic E-state index is -4.73. The molecule has 0 aliphatic heterocycles. The Kier molecular flexibility index (Phi) is 5.95. The number of halogens is 7. The predicted molar refractivity (Wildman–Crippen MR) is 117 cm³/mol. The summed E-state index contributed by atoms with van der Waals surface area (Å²) in [6.45, 7) is 0. The number of nitrogens with one attached hydrogen (secondary N) is 2. The van der Waals surface area contributed by atoms with Crippen LogP contribution in [-0.2, 0) is 22.8 Å². The summed E-state index contributed by atoms with van der Waals surface area (Å²) in [6, 6.07) is 7.63. The van der Waals surface area contributed by atoms with Crippen molar-refractivity contribution in [3.8, 4) is 17.1 Å². The second kappa shape index (κ2) is 8.92. The third-order valence-electron chi connectivity index (χ3n) is 6.12. The number of benzene rings is 2. The number of carbonyl (C=O) groups excluding carboxylic acids is 1. The maximum Gasteiger partial charge on any atom is 0.416 e. The molecule has 15 heteroatoms. The van der Waals surface area contributed by atoms with E-state index in [1.165, 1.54) is 35.1 Å². The lowest BCUT2D eigenvalue weighted by Gasteiger charge is -2.18. The fraction of sp³-hybridized carbons (Fsp3) is 0.261. The van der Waals surface area contributed by atoms with E-state index in [2.05, 4.69) is 31.0 Å². The first-order chi connectivity index (χ1) is 17.9. The molecule has 0 bridgehead atoms. The van der Waals surface area contributed by atoms with E-state index in [4.69, 9.17) is 0 Å². The molecule has 8 nitrogen and oxygen atoms in total. The van der Waals surface area contributed by atoms with Crippen LogP contribution in [-0.4, -0.2) is 42.5 Å². The first-order valence-electron chi connectivity index (χ1n) is 11.0. The van der Waals surface area contributed by atoms with Crippen molar-refractivity contribution in [2.45, 2.75) is 37.0 Å². The lowest BCUT2D eigenvalue weighted by molar-refractivity contribution is -0.137. The number of aromatic amines is 1. The second-order valence-corrected chi connectivity index (χ2v) is 8.75. The van der Waals surface area contributed by atoms with Gasteiger partial charge in [0.15, 0.2) is 5.82 Å². The first-order valence-corrected chi connectivity index (χ1v) is 11.0. The van der Waals surface area contributed by atoms with Crippen LogP contribution in [0.3, 0.4) is 0 Å². The normalized spacial score (nSPS) is 14.9. The Bertz CT molecular complexity index is 1490. The molecule has 2 aromatic heterocycles. The zero-order chi connectivity index (χ0) is 27.3. The van der Waals surface area contributed by atoms with Gasteiger partial charge in [-0.25, -0.2) is 14.2 Å². The summed E-state index contributed by atoms with van der Waals surface area (Å²) in [5.74, 6) is -1.64. The summed E-state index contributed by atoms with van der Waals surface area (Å²) < 4.78 is 92.9. The lowest BCUT2D eigenvalue weighted by atomic mass is 9.93. The van der Waals surface area contributed by atoms with E-state index < -0.39 is 41.5 Å². The van der Waals surface area contributed by atoms with Crippen LogP contribution in [0, 0.1) is 5.82 Å². The number of carbonyl (C=O) groups is 1. The molecule has 198 valence electrons. The summed E-state index contributed by atoms with van der Waals surface area (Å²) in [7, 11) is 0. The molecule has 2 N–H and O–H groups in total. The standard InChI is InChI=1S/C23H16F7N7O/c24-17-9-12(23(28,29)30)1-3-16(17)21(6-7-21)20(38)31-13-2-4-18(15(10-13)19-32-35-36-33-19)37-8-5-14(34-37)11-22(25,26)27/h1-5,8-10H,6-7,11H2,(H,31,38)(H,32,33,35,36). The molecular formula is C23H16F7N7O. The highest BCUT2D eigenvalue weighted by atomic mass is 19.4. The van der Waals surface area contributed by atoms with E-state index in [9.17, 15) is 35.5 Å². The molecule has 0 atom stereocenters. The number of rotatable bonds is 6. The van der Waals surface area contributed by atoms with E-state index >= 15 is 0 Å². The number of hydrogen-bond donors (Lipinski definition) is 2. The zero-order valence-corrected chi connectivity index (χ0v) is 19.0. The number of aromatic nitrogens is 6. The molecule has 0 radical (unpaired) electrons. The van der Waals surface area contributed by atoms with Gasteiger partial charge in [0.25, 0.3) is 0 Å². The predicted octanol–water partition coefficient (Wildman–Crippen LogP) is 4.99. The maximum atomic E-state index is 14.6. The monoisotopic (exact) mass is 539 g/mol. The van der Waals surface area contributed by atoms with Gasteiger partial charge in [-0.3, -0.25) is 4.79 Å². The molecule has 5 rings (SSSR count). The van der Waals surface area contributed by atoms with Gasteiger partial charge in [0.2, 0.25) is 5.91 Å². The highest BCUT2D eigenvalue weighted by Crippen LogP contribution is 2.50. The van der Waals surface area contributed by atoms with Crippen LogP contribution in [0.1, 0.15) is 29.7 Å². The van der Waals surface area contributed by atoms with Gasteiger partial charge in [-0.2, -0.15) is 31.4 Å². The van der Waals surface area contributed by atoms with Crippen molar-refractivity contribution >= 4 is 11.6 Å². The highest BCUT2D eigenvalue weighted by molar-refractivity contribution is 6.02. The van der Waals surface area contributed by atoms with Crippen LogP contribution >= 0.6 is 0 Å². The second-order valence-electron chi connectivity index (χ2n) is 8.75. The smallest absolute Gasteiger partial charge is 0.325 e. The van der Waals surface area contributed by atoms with E-state index in [0.29, 0.717) is 11.8 Å². The summed E-state index contributed by atoms with van der Waals surface area (Å²) >= 11 is 0. The molecule has 2 heterocycles. The van der Waals surface area contributed by atoms with Crippen molar-refractivity contribution in [3.05, 3.63) is 71.3 Å². The molecule has 2 aromatic carbocycles. The number of hydrogen-bond acceptors (Lipinski definition) is 5. The zero-order valence-electron chi connectivity index (χ0n) is 19.0. The Morgan fingerprint density at radius 1 is 1.05 bits per heavy atom. The fourth-order valence-corrected chi connectivity index (χ4v) is 4.15. The number of alkyl halides is 6. The van der Waals surface area contributed by atoms with Crippen LogP contribution in [0.15, 0.2) is 48.7 Å². The SMILES string of the molecule is O=C(Nc1ccc(-n2ccc(CC(F)(F)F)n2)c(-c2nnn[nH]2)c1)C1(c2ccc(C(F)(F)F)cc2F)CC1. The molecule has 1 saturated carbocycles. The molecule has 1 aliphatic rings. The van der Waals surface area contributed by atoms with Crippen molar-refractivity contribution in [2.75, 3.05) is 5.32 Å². The summed E-state index contributed by atoms with van der Waals surface area (Å²) in [4.78, 5) is 13.1. The molecule has 1 fully saturated rings. The van der Waals surface area contributed by atoms with Crippen LogP contribution in [0.5, 0.6) is 0 Å². The number of H-pyrrole nitrogens is 1. The van der Waals surface area contributed by atoms with Gasteiger partial charge in [0.05, 0.1) is 28.8 Å². The highest BCUT2D eigenvalue weighted by Gasteiger charge is 2.53. The Morgan fingerprint density at radius 2 is 1.82 bits per heavy atom. The van der Waals surface area contributed by atoms with Crippen molar-refractivity contribution in [1.82, 2.24) is 30.4 Å². The van der Waals surface area contributed by atoms with Crippen LogP contribution in [0.25, 0.3) is 17.1 Å². The Hall–Kier alpha value is -4.30. The number of tetrazole rings is 1. The lowest BCUT2D eigenvalue weighted by Crippen LogP contribution is -2.29. The fourth-order valence-electron chi connectivity index (χ4n) is 4.15. The molecule has 0 saturated heterocycles. The van der Waals surface area contributed by atoms with Gasteiger partial charge in [0.1, 0.15) is 5.82 Å². The molecule has 38 heavy (non-hydrogen) atoms. The minimum Gasteiger partial charge on any atom is -0.325 e. The molecule has 0 spiro atoms. The van der Waals surface area contributed by atoms with E-state index in [0.717, 1.165) is 12.1 Å². The van der Waals surface area contributed by atoms with Gasteiger partial charge < -0.3 is 5.32 Å². The van der Waals surface area contributed by atoms with Gasteiger partial charge in [-0.1, -0.05) is 6.07 Å². The third kappa shape index (κ3) is 4.95. The topological polar surface area (TPSA) is 101 Å². The maximum absolute atomic E-state index is 14.6. The molecule has 1 aliphatic carbocycles. The molecule has 0 unspecified atom stereocenters. The van der Waals surface area contributed by atoms with E-state index in [1.807, 2.05) is 0 Å². The summed E-state index contributed by atoms with van der Waals surface area (Å²) in [5, 5.41) is 19.9. The van der Waals surface area contributed by atoms with Crippen LogP contribution in [0.4, 0.5) is 36.4 Å². The minimum absolute atomic E-state index is 0.124. The first kappa shape index (κ1) is 25.4. The van der Waals surface area contributed by atoms with Crippen LogP contribution in [0.2, 0.25) is 0 Å². The van der Waals surface area contributed by atoms with Gasteiger partial charge >= 0.3 is 12.4 Å². The van der Waals surface area contributed by atoms with Crippen LogP contribution < -0.4 is 5.32 Å². The number of anilines is 1. The van der Waals surface area contributed by atoms with E-state index in [-0.39, 0.29) is 41.2 Å². The average Bonchev–Trinajstić information content (AvgIpc) is 3.22. The van der Waals surface area contributed by atoms with Gasteiger partial charge in [-0.15, -0.1) is 5.10 Å². The molecule has 4 aromatic rings.